The van der Waals surface area contributed by atoms with Gasteiger partial charge in [0.1, 0.15) is 5.54 Å². The molecule has 3 heteroatoms. The van der Waals surface area contributed by atoms with Crippen LogP contribution in [-0.2, 0) is 4.79 Å². The van der Waals surface area contributed by atoms with Crippen molar-refractivity contribution in [1.82, 2.24) is 10.2 Å². The van der Waals surface area contributed by atoms with Gasteiger partial charge < -0.3 is 10.2 Å². The molecule has 0 radical (unpaired) electrons. The maximum absolute atomic E-state index is 10.9. The molecule has 1 unspecified atom stereocenters. The van der Waals surface area contributed by atoms with Gasteiger partial charge in [0.15, 0.2) is 0 Å². The molecule has 50 valence electrons. The molecule has 1 N–H and O–H groups in total. The fourth-order valence-electron chi connectivity index (χ4n) is 1.44. The van der Waals surface area contributed by atoms with Crippen LogP contribution in [0.2, 0.25) is 0 Å². The van der Waals surface area contributed by atoms with Gasteiger partial charge in [0.05, 0.1) is 0 Å². The molecule has 2 aliphatic rings. The molecule has 9 heavy (non-hydrogen) atoms. The minimum absolute atomic E-state index is 0.113. The van der Waals surface area contributed by atoms with Gasteiger partial charge in [-0.05, 0) is 6.92 Å². The summed E-state index contributed by atoms with van der Waals surface area (Å²) in [6.45, 7) is 4.68. The Kier molecular flexibility index (Phi) is 0.750. The normalized spacial score (nSPS) is 40.6. The zero-order valence-corrected chi connectivity index (χ0v) is 5.48. The number of piperazine rings is 1. The Hall–Kier alpha value is -0.570. The molecule has 2 fully saturated rings. The highest BCUT2D eigenvalue weighted by Gasteiger charge is 2.59. The maximum Gasteiger partial charge on any atom is 0.250 e. The number of hydrogen-bond acceptors (Lipinski definition) is 2. The Morgan fingerprint density at radius 3 is 3.00 bits per heavy atom. The fraction of sp³-hybridized carbons (Fsp3) is 0.833. The Bertz CT molecular complexity index is 168. The third-order valence-corrected chi connectivity index (χ3v) is 2.23. The highest BCUT2D eigenvalue weighted by molar-refractivity contribution is 6.02. The summed E-state index contributed by atoms with van der Waals surface area (Å²) in [5.74, 6) is 0.313. The van der Waals surface area contributed by atoms with E-state index in [1.807, 2.05) is 11.8 Å². The summed E-state index contributed by atoms with van der Waals surface area (Å²) >= 11 is 0. The summed E-state index contributed by atoms with van der Waals surface area (Å²) in [5.41, 5.74) is -0.113. The molecule has 0 aromatic rings. The van der Waals surface area contributed by atoms with E-state index in [0.717, 1.165) is 19.6 Å². The van der Waals surface area contributed by atoms with Gasteiger partial charge in [0, 0.05) is 19.6 Å². The van der Waals surface area contributed by atoms with Crippen molar-refractivity contribution in [3.8, 4) is 0 Å². The SMILES string of the molecule is CC12CNCCN1C2=O. The third kappa shape index (κ3) is 0.477. The quantitative estimate of drug-likeness (QED) is 0.430. The molecule has 2 saturated heterocycles. The summed E-state index contributed by atoms with van der Waals surface area (Å²) < 4.78 is 0. The number of carbonyl (C=O) groups is 1. The molecule has 2 heterocycles. The second-order valence-corrected chi connectivity index (χ2v) is 2.91. The van der Waals surface area contributed by atoms with Crippen molar-refractivity contribution in [3.63, 3.8) is 0 Å². The molecule has 0 bridgehead atoms. The summed E-state index contributed by atoms with van der Waals surface area (Å²) in [4.78, 5) is 12.8. The van der Waals surface area contributed by atoms with E-state index >= 15 is 0 Å². The lowest BCUT2D eigenvalue weighted by molar-refractivity contribution is -0.114. The molecular weight excluding hydrogens is 116 g/mol. The summed E-state index contributed by atoms with van der Waals surface area (Å²) in [7, 11) is 0. The molecule has 0 aromatic heterocycles. The maximum atomic E-state index is 10.9. The average Bonchev–Trinajstić information content (AvgIpc) is 2.38. The van der Waals surface area contributed by atoms with Crippen LogP contribution in [0.3, 0.4) is 0 Å². The first-order valence-electron chi connectivity index (χ1n) is 3.28. The van der Waals surface area contributed by atoms with Crippen LogP contribution in [0.4, 0.5) is 0 Å². The van der Waals surface area contributed by atoms with Gasteiger partial charge in [-0.3, -0.25) is 4.79 Å². The lowest BCUT2D eigenvalue weighted by Crippen LogP contribution is -2.39. The number of carbonyl (C=O) groups excluding carboxylic acids is 1. The van der Waals surface area contributed by atoms with Crippen molar-refractivity contribution in [3.05, 3.63) is 0 Å². The molecule has 0 spiro atoms. The van der Waals surface area contributed by atoms with Crippen LogP contribution in [0.25, 0.3) is 0 Å². The number of fused-ring (bicyclic) bond motifs is 1. The monoisotopic (exact) mass is 126 g/mol. The van der Waals surface area contributed by atoms with Gasteiger partial charge in [0.25, 0.3) is 5.91 Å². The van der Waals surface area contributed by atoms with Crippen LogP contribution in [0.15, 0.2) is 0 Å². The van der Waals surface area contributed by atoms with Gasteiger partial charge in [-0.2, -0.15) is 0 Å². The van der Waals surface area contributed by atoms with Crippen molar-refractivity contribution in [2.75, 3.05) is 19.6 Å². The van der Waals surface area contributed by atoms with E-state index in [2.05, 4.69) is 5.32 Å². The van der Waals surface area contributed by atoms with Gasteiger partial charge in [0.2, 0.25) is 0 Å². The second-order valence-electron chi connectivity index (χ2n) is 2.91. The molecule has 2 aliphatic heterocycles. The van der Waals surface area contributed by atoms with E-state index in [4.69, 9.17) is 0 Å². The van der Waals surface area contributed by atoms with Gasteiger partial charge >= 0.3 is 0 Å². The van der Waals surface area contributed by atoms with Crippen molar-refractivity contribution >= 4 is 5.91 Å². The van der Waals surface area contributed by atoms with E-state index in [1.54, 1.807) is 0 Å². The van der Waals surface area contributed by atoms with E-state index in [9.17, 15) is 4.79 Å². The molecular formula is C6H10N2O. The molecule has 0 aliphatic carbocycles. The molecule has 3 nitrogen and oxygen atoms in total. The van der Waals surface area contributed by atoms with Crippen LogP contribution < -0.4 is 5.32 Å². The zero-order chi connectivity index (χ0) is 6.48. The first-order chi connectivity index (χ1) is 4.25. The van der Waals surface area contributed by atoms with Crippen LogP contribution >= 0.6 is 0 Å². The van der Waals surface area contributed by atoms with Crippen LogP contribution in [0.1, 0.15) is 6.92 Å². The summed E-state index contributed by atoms with van der Waals surface area (Å²) in [6, 6.07) is 0. The van der Waals surface area contributed by atoms with E-state index < -0.39 is 0 Å². The minimum atomic E-state index is -0.113. The summed E-state index contributed by atoms with van der Waals surface area (Å²) in [5, 5.41) is 3.18. The Balaban J connectivity index is 2.18. The lowest BCUT2D eigenvalue weighted by atomic mass is 10.2. The number of nitrogens with one attached hydrogen (secondary N) is 1. The minimum Gasteiger partial charge on any atom is -0.324 e. The largest absolute Gasteiger partial charge is 0.324 e. The average molecular weight is 126 g/mol. The third-order valence-electron chi connectivity index (χ3n) is 2.23. The van der Waals surface area contributed by atoms with Crippen LogP contribution in [-0.4, -0.2) is 36.0 Å². The van der Waals surface area contributed by atoms with Crippen molar-refractivity contribution in [2.24, 2.45) is 0 Å². The Morgan fingerprint density at radius 1 is 1.78 bits per heavy atom. The standard InChI is InChI=1S/C6H10N2O/c1-6-4-7-2-3-8(6)5(6)9/h7H,2-4H2,1H3. The van der Waals surface area contributed by atoms with Gasteiger partial charge in [-0.1, -0.05) is 0 Å². The Labute approximate surface area is 54.0 Å². The van der Waals surface area contributed by atoms with Gasteiger partial charge in [-0.15, -0.1) is 0 Å². The van der Waals surface area contributed by atoms with E-state index in [1.165, 1.54) is 0 Å². The van der Waals surface area contributed by atoms with Crippen LogP contribution in [0, 0.1) is 0 Å². The fourth-order valence-corrected chi connectivity index (χ4v) is 1.44. The Morgan fingerprint density at radius 2 is 2.56 bits per heavy atom. The first-order valence-corrected chi connectivity index (χ1v) is 3.28. The number of hydrogen-bond donors (Lipinski definition) is 1. The topological polar surface area (TPSA) is 32.1 Å². The predicted molar refractivity (Wildman–Crippen MR) is 33.0 cm³/mol. The summed E-state index contributed by atoms with van der Waals surface area (Å²) in [6.07, 6.45) is 0. The van der Waals surface area contributed by atoms with Gasteiger partial charge in [-0.25, -0.2) is 0 Å². The smallest absolute Gasteiger partial charge is 0.250 e. The molecule has 0 aromatic carbocycles. The predicted octanol–water partition coefficient (Wildman–Crippen LogP) is -0.809. The second kappa shape index (κ2) is 1.29. The van der Waals surface area contributed by atoms with Crippen molar-refractivity contribution in [1.29, 1.82) is 0 Å². The van der Waals surface area contributed by atoms with E-state index in [0.29, 0.717) is 5.91 Å². The van der Waals surface area contributed by atoms with Crippen LogP contribution in [0.5, 0.6) is 0 Å². The zero-order valence-electron chi connectivity index (χ0n) is 5.48. The molecule has 2 rings (SSSR count). The van der Waals surface area contributed by atoms with Crippen molar-refractivity contribution < 1.29 is 4.79 Å². The van der Waals surface area contributed by atoms with Crippen molar-refractivity contribution in [2.45, 2.75) is 12.5 Å². The number of amides is 1. The molecule has 1 amide bonds. The molecule has 0 saturated carbocycles. The molecule has 1 atom stereocenters. The highest BCUT2D eigenvalue weighted by Crippen LogP contribution is 2.33. The first kappa shape index (κ1) is 5.23. The highest BCUT2D eigenvalue weighted by atomic mass is 16.2. The lowest BCUT2D eigenvalue weighted by Gasteiger charge is -2.16. The number of rotatable bonds is 0. The number of nitrogens with zero attached hydrogens (tertiary/aromatic N) is 1. The van der Waals surface area contributed by atoms with E-state index in [-0.39, 0.29) is 5.54 Å².